The Morgan fingerprint density at radius 2 is 1.76 bits per heavy atom. The molecule has 51 heavy (non-hydrogen) atoms. The van der Waals surface area contributed by atoms with E-state index in [0.29, 0.717) is 24.2 Å². The molecule has 3 heterocycles. The molecule has 0 saturated carbocycles. The van der Waals surface area contributed by atoms with Crippen molar-refractivity contribution in [3.8, 4) is 5.75 Å². The van der Waals surface area contributed by atoms with E-state index in [2.05, 4.69) is 39.6 Å². The van der Waals surface area contributed by atoms with Crippen LogP contribution in [-0.4, -0.2) is 78.6 Å². The number of phenolic OH excluding ortho intramolecular Hbond substituents is 1. The number of Topliss-reactive ketones (excluding diaryl/α,β-unsaturated/α-hetero) is 1. The fourth-order valence-corrected chi connectivity index (χ4v) is 6.81. The number of fused-ring (bicyclic) bond motifs is 1. The van der Waals surface area contributed by atoms with Crippen molar-refractivity contribution in [2.75, 3.05) is 42.6 Å². The van der Waals surface area contributed by atoms with Gasteiger partial charge in [-0.05, 0) is 87.9 Å². The fraction of sp³-hybridized carbons (Fsp3) is 0.459. The number of ketones is 1. The molecule has 5 rings (SSSR count). The summed E-state index contributed by atoms with van der Waals surface area (Å²) in [7, 11) is -3.59. The highest BCUT2D eigenvalue weighted by molar-refractivity contribution is 7.92. The number of phenols is 1. The van der Waals surface area contributed by atoms with Crippen molar-refractivity contribution >= 4 is 44.1 Å². The number of ether oxygens (including phenoxy) is 1. The Morgan fingerprint density at radius 3 is 2.47 bits per heavy atom. The van der Waals surface area contributed by atoms with Crippen molar-refractivity contribution in [1.82, 2.24) is 25.4 Å². The number of aromatic nitrogens is 3. The number of hydrogen-bond donors (Lipinski definition) is 5. The summed E-state index contributed by atoms with van der Waals surface area (Å²) in [5.41, 5.74) is 5.82. The van der Waals surface area contributed by atoms with Crippen molar-refractivity contribution in [2.45, 2.75) is 77.9 Å². The van der Waals surface area contributed by atoms with Crippen molar-refractivity contribution in [1.29, 1.82) is 0 Å². The smallest absolute Gasteiger partial charge is 0.251 e. The Morgan fingerprint density at radius 1 is 1.02 bits per heavy atom. The zero-order chi connectivity index (χ0) is 36.4. The van der Waals surface area contributed by atoms with E-state index in [4.69, 9.17) is 9.72 Å². The van der Waals surface area contributed by atoms with Crippen LogP contribution in [0, 0.1) is 0 Å². The topological polar surface area (TPSA) is 177 Å². The van der Waals surface area contributed by atoms with Gasteiger partial charge in [0.05, 0.1) is 35.8 Å². The number of carbonyl (C=O) groups excluding carboxylic acids is 2. The fourth-order valence-electron chi connectivity index (χ4n) is 6.24. The summed E-state index contributed by atoms with van der Waals surface area (Å²) in [6.07, 6.45) is 9.10. The van der Waals surface area contributed by atoms with Crippen LogP contribution in [-0.2, 0) is 40.7 Å². The molecule has 274 valence electrons. The summed E-state index contributed by atoms with van der Waals surface area (Å²) in [6.45, 7) is 7.43. The van der Waals surface area contributed by atoms with Crippen LogP contribution in [0.5, 0.6) is 5.75 Å². The van der Waals surface area contributed by atoms with Gasteiger partial charge in [-0.2, -0.15) is 5.10 Å². The van der Waals surface area contributed by atoms with Crippen LogP contribution in [0.1, 0.15) is 83.5 Å². The van der Waals surface area contributed by atoms with E-state index in [1.54, 1.807) is 0 Å². The number of rotatable bonds is 18. The third-order valence-electron chi connectivity index (χ3n) is 9.04. The molecular formula is C37H49N7O6S. The van der Waals surface area contributed by atoms with E-state index in [1.807, 2.05) is 35.1 Å². The van der Waals surface area contributed by atoms with Gasteiger partial charge < -0.3 is 25.8 Å². The zero-order valence-corrected chi connectivity index (χ0v) is 30.4. The molecule has 1 amide bonds. The average molecular weight is 720 g/mol. The minimum atomic E-state index is -3.59. The molecule has 5 N–H and O–H groups in total. The first-order chi connectivity index (χ1) is 24.6. The zero-order valence-electron chi connectivity index (χ0n) is 29.6. The van der Waals surface area contributed by atoms with E-state index < -0.39 is 10.0 Å². The first-order valence-electron chi connectivity index (χ1n) is 17.7. The Bertz CT molecular complexity index is 1920. The molecule has 0 bridgehead atoms. The molecule has 13 nitrogen and oxygen atoms in total. The summed E-state index contributed by atoms with van der Waals surface area (Å²) in [4.78, 5) is 30.8. The largest absolute Gasteiger partial charge is 0.506 e. The van der Waals surface area contributed by atoms with Gasteiger partial charge in [-0.1, -0.05) is 25.5 Å². The molecule has 1 fully saturated rings. The van der Waals surface area contributed by atoms with Crippen LogP contribution in [0.25, 0.3) is 11.0 Å². The molecule has 2 aromatic heterocycles. The van der Waals surface area contributed by atoms with E-state index in [1.165, 1.54) is 18.2 Å². The van der Waals surface area contributed by atoms with Crippen LogP contribution >= 0.6 is 0 Å². The van der Waals surface area contributed by atoms with E-state index >= 15 is 0 Å². The summed E-state index contributed by atoms with van der Waals surface area (Å²) < 4.78 is 32.7. The second-order valence-electron chi connectivity index (χ2n) is 12.9. The van der Waals surface area contributed by atoms with Crippen LogP contribution in [0.3, 0.4) is 0 Å². The third kappa shape index (κ3) is 10.3. The number of nitrogens with one attached hydrogen (secondary N) is 4. The number of carbonyl (C=O) groups is 2. The van der Waals surface area contributed by atoms with Gasteiger partial charge in [0.25, 0.3) is 5.91 Å². The molecule has 0 spiro atoms. The first kappa shape index (κ1) is 37.7. The first-order valence-corrected chi connectivity index (χ1v) is 19.6. The summed E-state index contributed by atoms with van der Waals surface area (Å²) in [5, 5.41) is 25.5. The Hall–Kier alpha value is -4.53. The molecular weight excluding hydrogens is 671 g/mol. The lowest BCUT2D eigenvalue weighted by Gasteiger charge is -2.26. The molecule has 1 aliphatic rings. The molecule has 1 saturated heterocycles. The Labute approximate surface area is 299 Å². The van der Waals surface area contributed by atoms with Crippen molar-refractivity contribution < 1.29 is 27.9 Å². The van der Waals surface area contributed by atoms with Crippen LogP contribution in [0.4, 0.5) is 11.4 Å². The lowest BCUT2D eigenvalue weighted by Crippen LogP contribution is -2.30. The van der Waals surface area contributed by atoms with E-state index in [9.17, 15) is 23.1 Å². The van der Waals surface area contributed by atoms with Crippen LogP contribution in [0.2, 0.25) is 0 Å². The van der Waals surface area contributed by atoms with Crippen molar-refractivity contribution in [2.24, 2.45) is 0 Å². The predicted octanol–water partition coefficient (Wildman–Crippen LogP) is 4.80. The van der Waals surface area contributed by atoms with Gasteiger partial charge in [-0.25, -0.2) is 18.1 Å². The van der Waals surface area contributed by atoms with Gasteiger partial charge >= 0.3 is 0 Å². The highest BCUT2D eigenvalue weighted by Crippen LogP contribution is 2.31. The number of aryl methyl sites for hydroxylation is 3. The maximum atomic E-state index is 13.3. The Balaban J connectivity index is 1.08. The summed E-state index contributed by atoms with van der Waals surface area (Å²) >= 11 is 0. The van der Waals surface area contributed by atoms with Gasteiger partial charge in [0.15, 0.2) is 11.4 Å². The molecule has 14 heteroatoms. The molecule has 0 unspecified atom stereocenters. The number of sulfonamides is 1. The van der Waals surface area contributed by atoms with Gasteiger partial charge in [-0.15, -0.1) is 0 Å². The van der Waals surface area contributed by atoms with Gasteiger partial charge in [-0.3, -0.25) is 14.3 Å². The molecule has 0 atom stereocenters. The second-order valence-corrected chi connectivity index (χ2v) is 14.6. The number of aromatic hydroxyl groups is 1. The van der Waals surface area contributed by atoms with Crippen LogP contribution in [0.15, 0.2) is 48.7 Å². The quantitative estimate of drug-likeness (QED) is 0.0546. The van der Waals surface area contributed by atoms with E-state index in [0.717, 1.165) is 105 Å². The standard InChI is InChI=1S/C37H49N7O6S/c1-4-31-29(35(41-28-16-19-50-20-17-28)30-23-40-44(5-2)36(30)42-31)22-39-37(47)26-12-10-25(11-13-26)9-7-6-8-18-38-24-34(46)27-14-15-33(45)32(21-27)43-51(3,48)49/h10-15,21,23,28,38,43,45H,4-9,16-20,22,24H2,1-3H3,(H,39,47)(H,41,42). The highest BCUT2D eigenvalue weighted by Gasteiger charge is 2.22. The number of nitrogens with zero attached hydrogens (tertiary/aromatic N) is 3. The lowest BCUT2D eigenvalue weighted by atomic mass is 10.0. The summed E-state index contributed by atoms with van der Waals surface area (Å²) in [6, 6.07) is 12.1. The number of hydrogen-bond acceptors (Lipinski definition) is 10. The lowest BCUT2D eigenvalue weighted by molar-refractivity contribution is 0.0904. The number of anilines is 2. The minimum Gasteiger partial charge on any atom is -0.506 e. The van der Waals surface area contributed by atoms with Crippen molar-refractivity contribution in [3.63, 3.8) is 0 Å². The number of pyridine rings is 1. The average Bonchev–Trinajstić information content (AvgIpc) is 3.54. The predicted molar refractivity (Wildman–Crippen MR) is 199 cm³/mol. The van der Waals surface area contributed by atoms with Gasteiger partial charge in [0.1, 0.15) is 5.75 Å². The summed E-state index contributed by atoms with van der Waals surface area (Å²) in [5.74, 6) is -0.583. The van der Waals surface area contributed by atoms with Crippen LogP contribution < -0.4 is 20.7 Å². The molecule has 4 aromatic rings. The number of benzene rings is 2. The maximum absolute atomic E-state index is 13.3. The number of unbranched alkanes of at least 4 members (excludes halogenated alkanes) is 2. The minimum absolute atomic E-state index is 0.0257. The second kappa shape index (κ2) is 17.6. The number of amides is 1. The van der Waals surface area contributed by atoms with Crippen molar-refractivity contribution in [3.05, 3.63) is 76.6 Å². The molecule has 0 aliphatic carbocycles. The van der Waals surface area contributed by atoms with Gasteiger partial charge in [0, 0.05) is 54.7 Å². The monoisotopic (exact) mass is 719 g/mol. The molecule has 0 radical (unpaired) electrons. The highest BCUT2D eigenvalue weighted by atomic mass is 32.2. The normalized spacial score (nSPS) is 13.7. The van der Waals surface area contributed by atoms with E-state index in [-0.39, 0.29) is 35.7 Å². The maximum Gasteiger partial charge on any atom is 0.251 e. The molecule has 2 aromatic carbocycles. The third-order valence-corrected chi connectivity index (χ3v) is 9.63. The van der Waals surface area contributed by atoms with Gasteiger partial charge in [0.2, 0.25) is 10.0 Å². The molecule has 1 aliphatic heterocycles. The Kier molecular flexibility index (Phi) is 13.0. The SMILES string of the molecule is CCc1nc2c(cnn2CC)c(NC2CCOCC2)c1CNC(=O)c1ccc(CCCCCNCC(=O)c2ccc(O)c(NS(C)(=O)=O)c2)cc1.